The lowest BCUT2D eigenvalue weighted by molar-refractivity contribution is 0.475. The molecular formula is C15H15ClO. The average molecular weight is 247 g/mol. The molecule has 1 nitrogen and oxygen atoms in total. The van der Waals surface area contributed by atoms with Crippen LogP contribution in [0.4, 0.5) is 0 Å². The fraction of sp³-hybridized carbons (Fsp3) is 0.200. The molecule has 0 heterocycles. The first-order valence-electron chi connectivity index (χ1n) is 5.73. The van der Waals surface area contributed by atoms with Crippen molar-refractivity contribution in [2.75, 3.05) is 0 Å². The number of halogens is 1. The standard InChI is InChI=1S/C15H15ClO/c1-2-11-5-3-4-6-14(11)15(16)12-7-9-13(17)10-8-12/h3-10,15,17H,2H2,1H3. The van der Waals surface area contributed by atoms with Gasteiger partial charge in [-0.1, -0.05) is 43.3 Å². The van der Waals surface area contributed by atoms with E-state index in [1.807, 2.05) is 24.3 Å². The molecule has 1 unspecified atom stereocenters. The van der Waals surface area contributed by atoms with E-state index in [-0.39, 0.29) is 11.1 Å². The van der Waals surface area contributed by atoms with Crippen molar-refractivity contribution in [2.45, 2.75) is 18.7 Å². The maximum atomic E-state index is 9.27. The Morgan fingerprint density at radius 1 is 1.06 bits per heavy atom. The highest BCUT2D eigenvalue weighted by atomic mass is 35.5. The summed E-state index contributed by atoms with van der Waals surface area (Å²) in [5.74, 6) is 0.265. The highest BCUT2D eigenvalue weighted by Crippen LogP contribution is 2.31. The Hall–Kier alpha value is -1.47. The minimum atomic E-state index is -0.160. The van der Waals surface area contributed by atoms with E-state index >= 15 is 0 Å². The summed E-state index contributed by atoms with van der Waals surface area (Å²) in [6.45, 7) is 2.12. The molecule has 0 aromatic heterocycles. The molecule has 0 spiro atoms. The Bertz CT molecular complexity index is 491. The van der Waals surface area contributed by atoms with Crippen molar-refractivity contribution < 1.29 is 5.11 Å². The number of phenolic OH excluding ortho intramolecular Hbond substituents is 1. The normalized spacial score (nSPS) is 12.4. The molecule has 0 radical (unpaired) electrons. The van der Waals surface area contributed by atoms with E-state index in [1.54, 1.807) is 12.1 Å². The van der Waals surface area contributed by atoms with Crippen molar-refractivity contribution >= 4 is 11.6 Å². The fourth-order valence-corrected chi connectivity index (χ4v) is 2.28. The zero-order valence-corrected chi connectivity index (χ0v) is 10.5. The summed E-state index contributed by atoms with van der Waals surface area (Å²) in [7, 11) is 0. The second-order valence-electron chi connectivity index (χ2n) is 4.01. The van der Waals surface area contributed by atoms with Crippen LogP contribution in [0, 0.1) is 0 Å². The van der Waals surface area contributed by atoms with E-state index in [4.69, 9.17) is 11.6 Å². The molecule has 88 valence electrons. The Morgan fingerprint density at radius 3 is 2.35 bits per heavy atom. The highest BCUT2D eigenvalue weighted by Gasteiger charge is 2.13. The van der Waals surface area contributed by atoms with Gasteiger partial charge in [0.15, 0.2) is 0 Å². The molecule has 2 aromatic rings. The smallest absolute Gasteiger partial charge is 0.115 e. The van der Waals surface area contributed by atoms with Crippen LogP contribution in [-0.4, -0.2) is 5.11 Å². The molecule has 0 aliphatic carbocycles. The Labute approximate surface area is 107 Å². The van der Waals surface area contributed by atoms with E-state index in [0.717, 1.165) is 17.5 Å². The molecule has 0 aliphatic heterocycles. The molecule has 1 atom stereocenters. The SMILES string of the molecule is CCc1ccccc1C(Cl)c1ccc(O)cc1. The van der Waals surface area contributed by atoms with Gasteiger partial charge in [0, 0.05) is 0 Å². The van der Waals surface area contributed by atoms with E-state index in [0.29, 0.717) is 0 Å². The number of hydrogen-bond donors (Lipinski definition) is 1. The maximum Gasteiger partial charge on any atom is 0.115 e. The molecule has 2 rings (SSSR count). The van der Waals surface area contributed by atoms with E-state index in [2.05, 4.69) is 19.1 Å². The van der Waals surface area contributed by atoms with Gasteiger partial charge in [0.25, 0.3) is 0 Å². The molecule has 2 aromatic carbocycles. The topological polar surface area (TPSA) is 20.2 Å². The van der Waals surface area contributed by atoms with Crippen LogP contribution in [0.15, 0.2) is 48.5 Å². The summed E-state index contributed by atoms with van der Waals surface area (Å²) in [6, 6.07) is 15.2. The zero-order chi connectivity index (χ0) is 12.3. The highest BCUT2D eigenvalue weighted by molar-refractivity contribution is 6.22. The van der Waals surface area contributed by atoms with Crippen LogP contribution >= 0.6 is 11.6 Å². The molecule has 0 saturated carbocycles. The van der Waals surface area contributed by atoms with Crippen LogP contribution in [0.3, 0.4) is 0 Å². The molecular weight excluding hydrogens is 232 g/mol. The van der Waals surface area contributed by atoms with E-state index in [1.165, 1.54) is 5.56 Å². The monoisotopic (exact) mass is 246 g/mol. The second-order valence-corrected chi connectivity index (χ2v) is 4.44. The van der Waals surface area contributed by atoms with E-state index < -0.39 is 0 Å². The third-order valence-electron chi connectivity index (χ3n) is 2.89. The first-order valence-corrected chi connectivity index (χ1v) is 6.16. The lowest BCUT2D eigenvalue weighted by Gasteiger charge is -2.14. The number of benzene rings is 2. The van der Waals surface area contributed by atoms with Gasteiger partial charge in [0.1, 0.15) is 5.75 Å². The number of alkyl halides is 1. The Morgan fingerprint density at radius 2 is 1.71 bits per heavy atom. The van der Waals surface area contributed by atoms with Gasteiger partial charge in [-0.15, -0.1) is 11.6 Å². The molecule has 1 N–H and O–H groups in total. The first-order chi connectivity index (χ1) is 8.22. The van der Waals surface area contributed by atoms with Crippen LogP contribution in [0.2, 0.25) is 0 Å². The third kappa shape index (κ3) is 2.62. The molecule has 0 aliphatic rings. The molecule has 0 bridgehead atoms. The summed E-state index contributed by atoms with van der Waals surface area (Å²) in [4.78, 5) is 0. The van der Waals surface area contributed by atoms with Gasteiger partial charge in [-0.25, -0.2) is 0 Å². The summed E-state index contributed by atoms with van der Waals surface area (Å²) in [5, 5.41) is 9.11. The predicted octanol–water partition coefficient (Wildman–Crippen LogP) is 4.28. The molecule has 17 heavy (non-hydrogen) atoms. The number of aromatic hydroxyl groups is 1. The van der Waals surface area contributed by atoms with Crippen LogP contribution in [0.1, 0.15) is 29.0 Å². The van der Waals surface area contributed by atoms with Crippen molar-refractivity contribution in [1.82, 2.24) is 0 Å². The molecule has 2 heteroatoms. The van der Waals surface area contributed by atoms with E-state index in [9.17, 15) is 5.11 Å². The minimum absolute atomic E-state index is 0.160. The summed E-state index contributed by atoms with van der Waals surface area (Å²) in [5.41, 5.74) is 3.41. The Balaban J connectivity index is 2.36. The quantitative estimate of drug-likeness (QED) is 0.802. The number of hydrogen-bond acceptors (Lipinski definition) is 1. The van der Waals surface area contributed by atoms with Gasteiger partial charge < -0.3 is 5.11 Å². The number of aryl methyl sites for hydroxylation is 1. The summed E-state index contributed by atoms with van der Waals surface area (Å²) < 4.78 is 0. The Kier molecular flexibility index (Phi) is 3.70. The van der Waals surface area contributed by atoms with Gasteiger partial charge in [-0.05, 0) is 35.2 Å². The lowest BCUT2D eigenvalue weighted by Crippen LogP contribution is -1.97. The zero-order valence-electron chi connectivity index (χ0n) is 9.73. The van der Waals surface area contributed by atoms with Gasteiger partial charge >= 0.3 is 0 Å². The van der Waals surface area contributed by atoms with Crippen molar-refractivity contribution in [2.24, 2.45) is 0 Å². The molecule has 0 amide bonds. The van der Waals surface area contributed by atoms with Crippen molar-refractivity contribution in [1.29, 1.82) is 0 Å². The lowest BCUT2D eigenvalue weighted by atomic mass is 9.98. The van der Waals surface area contributed by atoms with Gasteiger partial charge in [-0.2, -0.15) is 0 Å². The minimum Gasteiger partial charge on any atom is -0.508 e. The molecule has 0 fully saturated rings. The van der Waals surface area contributed by atoms with Gasteiger partial charge in [0.2, 0.25) is 0 Å². The first kappa shape index (κ1) is 12.0. The summed E-state index contributed by atoms with van der Waals surface area (Å²) in [6.07, 6.45) is 0.970. The van der Waals surface area contributed by atoms with Crippen molar-refractivity contribution in [3.05, 3.63) is 65.2 Å². The van der Waals surface area contributed by atoms with Crippen LogP contribution < -0.4 is 0 Å². The van der Waals surface area contributed by atoms with Crippen LogP contribution in [0.5, 0.6) is 5.75 Å². The number of phenols is 1. The average Bonchev–Trinajstić information content (AvgIpc) is 2.39. The van der Waals surface area contributed by atoms with Crippen LogP contribution in [0.25, 0.3) is 0 Å². The predicted molar refractivity (Wildman–Crippen MR) is 71.6 cm³/mol. The second kappa shape index (κ2) is 5.24. The van der Waals surface area contributed by atoms with Crippen LogP contribution in [-0.2, 0) is 6.42 Å². The maximum absolute atomic E-state index is 9.27. The molecule has 0 saturated heterocycles. The number of rotatable bonds is 3. The summed E-state index contributed by atoms with van der Waals surface area (Å²) >= 11 is 6.49. The van der Waals surface area contributed by atoms with Crippen molar-refractivity contribution in [3.63, 3.8) is 0 Å². The third-order valence-corrected chi connectivity index (χ3v) is 3.38. The fourth-order valence-electron chi connectivity index (χ4n) is 1.93. The van der Waals surface area contributed by atoms with Crippen molar-refractivity contribution in [3.8, 4) is 5.75 Å². The largest absolute Gasteiger partial charge is 0.508 e. The van der Waals surface area contributed by atoms with Gasteiger partial charge in [0.05, 0.1) is 5.38 Å². The van der Waals surface area contributed by atoms with Gasteiger partial charge in [-0.3, -0.25) is 0 Å².